The van der Waals surface area contributed by atoms with E-state index < -0.39 is 11.2 Å². The van der Waals surface area contributed by atoms with Crippen molar-refractivity contribution in [2.75, 3.05) is 5.32 Å². The van der Waals surface area contributed by atoms with Gasteiger partial charge in [0.15, 0.2) is 11.9 Å². The summed E-state index contributed by atoms with van der Waals surface area (Å²) in [6.45, 7) is 0. The van der Waals surface area contributed by atoms with Crippen molar-refractivity contribution < 1.29 is 9.66 Å². The lowest BCUT2D eigenvalue weighted by molar-refractivity contribution is -0.385. The number of rotatable bonds is 5. The van der Waals surface area contributed by atoms with Gasteiger partial charge in [0.2, 0.25) is 11.0 Å². The predicted molar refractivity (Wildman–Crippen MR) is 121 cm³/mol. The first kappa shape index (κ1) is 20.0. The van der Waals surface area contributed by atoms with Crippen molar-refractivity contribution in [1.82, 2.24) is 15.2 Å². The molecule has 0 spiro atoms. The number of para-hydroxylation sites is 1. The molecule has 0 saturated carbocycles. The summed E-state index contributed by atoms with van der Waals surface area (Å²) < 4.78 is 6.19. The number of ether oxygens (including phenoxy) is 1. The number of thioether (sulfide) groups is 1. The summed E-state index contributed by atoms with van der Waals surface area (Å²) >= 11 is 1.46. The first-order valence-electron chi connectivity index (χ1n) is 9.86. The molecule has 1 aromatic heterocycles. The fourth-order valence-corrected chi connectivity index (χ4v) is 4.12. The van der Waals surface area contributed by atoms with Crippen LogP contribution in [0.25, 0.3) is 11.3 Å². The molecule has 158 valence electrons. The van der Waals surface area contributed by atoms with E-state index in [1.807, 2.05) is 54.6 Å². The molecule has 4 aromatic rings. The van der Waals surface area contributed by atoms with E-state index >= 15 is 0 Å². The minimum absolute atomic E-state index is 0.00873. The van der Waals surface area contributed by atoms with Gasteiger partial charge in [-0.1, -0.05) is 72.4 Å². The number of aromatic nitrogens is 3. The van der Waals surface area contributed by atoms with E-state index in [2.05, 4.69) is 20.5 Å². The third kappa shape index (κ3) is 4.10. The molecule has 0 aliphatic carbocycles. The van der Waals surface area contributed by atoms with Gasteiger partial charge in [-0.3, -0.25) is 10.1 Å². The van der Waals surface area contributed by atoms with Crippen LogP contribution in [0.15, 0.2) is 84.0 Å². The van der Waals surface area contributed by atoms with E-state index in [4.69, 9.17) is 4.74 Å². The van der Waals surface area contributed by atoms with Crippen molar-refractivity contribution in [2.24, 2.45) is 0 Å². The molecule has 0 amide bonds. The molecule has 0 fully saturated rings. The summed E-state index contributed by atoms with van der Waals surface area (Å²) in [5.41, 5.74) is 3.85. The molecule has 0 unspecified atom stereocenters. The Morgan fingerprint density at radius 2 is 1.81 bits per heavy atom. The molecule has 32 heavy (non-hydrogen) atoms. The Hall–Kier alpha value is -3.98. The van der Waals surface area contributed by atoms with E-state index in [9.17, 15) is 10.1 Å². The molecule has 1 aliphatic heterocycles. The van der Waals surface area contributed by atoms with Gasteiger partial charge in [0.1, 0.15) is 0 Å². The molecule has 2 heterocycles. The summed E-state index contributed by atoms with van der Waals surface area (Å²) in [5.74, 6) is 1.02. The molecular formula is C23H17N5O3S. The van der Waals surface area contributed by atoms with Crippen molar-refractivity contribution >= 4 is 23.1 Å². The maximum Gasteiger partial charge on any atom is 0.269 e. The predicted octanol–water partition coefficient (Wildman–Crippen LogP) is 5.24. The van der Waals surface area contributed by atoms with Gasteiger partial charge in [0.05, 0.1) is 4.92 Å². The smallest absolute Gasteiger partial charge is 0.269 e. The topological polar surface area (TPSA) is 103 Å². The SMILES string of the molecule is O=[N+]([O-])c1cccc([C@@H]2Nc3ccccc3-c3nnc(SCc4ccccc4)nc3O2)c1. The first-order chi connectivity index (χ1) is 15.7. The second-order valence-electron chi connectivity index (χ2n) is 7.06. The Morgan fingerprint density at radius 3 is 2.66 bits per heavy atom. The third-order valence-electron chi connectivity index (χ3n) is 4.93. The summed E-state index contributed by atoms with van der Waals surface area (Å²) in [5, 5.41) is 23.7. The summed E-state index contributed by atoms with van der Waals surface area (Å²) in [4.78, 5) is 15.4. The molecular weight excluding hydrogens is 426 g/mol. The van der Waals surface area contributed by atoms with Crippen LogP contribution in [-0.4, -0.2) is 20.1 Å². The molecule has 8 nitrogen and oxygen atoms in total. The summed E-state index contributed by atoms with van der Waals surface area (Å²) in [6, 6.07) is 24.0. The monoisotopic (exact) mass is 443 g/mol. The van der Waals surface area contributed by atoms with E-state index in [0.29, 0.717) is 28.0 Å². The molecule has 5 rings (SSSR count). The van der Waals surface area contributed by atoms with Gasteiger partial charge in [0, 0.05) is 34.7 Å². The molecule has 3 aromatic carbocycles. The van der Waals surface area contributed by atoms with Gasteiger partial charge < -0.3 is 10.1 Å². The Bertz CT molecular complexity index is 1290. The van der Waals surface area contributed by atoms with Crippen LogP contribution in [0, 0.1) is 10.1 Å². The lowest BCUT2D eigenvalue weighted by atomic mass is 10.1. The molecule has 0 bridgehead atoms. The lowest BCUT2D eigenvalue weighted by Gasteiger charge is -2.19. The Kier molecular flexibility index (Phi) is 5.39. The van der Waals surface area contributed by atoms with Crippen LogP contribution in [0.4, 0.5) is 11.4 Å². The molecule has 0 saturated heterocycles. The van der Waals surface area contributed by atoms with Crippen LogP contribution < -0.4 is 10.1 Å². The van der Waals surface area contributed by atoms with Gasteiger partial charge in [-0.2, -0.15) is 4.98 Å². The average Bonchev–Trinajstić information content (AvgIpc) is 3.00. The molecule has 1 atom stereocenters. The number of hydrogen-bond donors (Lipinski definition) is 1. The van der Waals surface area contributed by atoms with Crippen molar-refractivity contribution in [3.63, 3.8) is 0 Å². The van der Waals surface area contributed by atoms with Gasteiger partial charge in [-0.05, 0) is 11.6 Å². The number of non-ortho nitro benzene ring substituents is 1. The van der Waals surface area contributed by atoms with E-state index in [-0.39, 0.29) is 5.69 Å². The van der Waals surface area contributed by atoms with Crippen molar-refractivity contribution in [3.05, 3.63) is 100 Å². The van der Waals surface area contributed by atoms with Gasteiger partial charge >= 0.3 is 0 Å². The summed E-state index contributed by atoms with van der Waals surface area (Å²) in [6.07, 6.45) is -0.680. The highest BCUT2D eigenvalue weighted by molar-refractivity contribution is 7.98. The van der Waals surface area contributed by atoms with E-state index in [1.54, 1.807) is 12.1 Å². The normalized spacial score (nSPS) is 14.3. The highest BCUT2D eigenvalue weighted by Crippen LogP contribution is 2.39. The number of hydrogen-bond acceptors (Lipinski definition) is 8. The van der Waals surface area contributed by atoms with Crippen LogP contribution >= 0.6 is 11.8 Å². The Balaban J connectivity index is 1.51. The number of anilines is 1. The zero-order valence-electron chi connectivity index (χ0n) is 16.7. The zero-order valence-corrected chi connectivity index (χ0v) is 17.5. The number of nitrogens with one attached hydrogen (secondary N) is 1. The van der Waals surface area contributed by atoms with Crippen molar-refractivity contribution in [2.45, 2.75) is 17.1 Å². The van der Waals surface area contributed by atoms with Crippen LogP contribution in [0.2, 0.25) is 0 Å². The largest absolute Gasteiger partial charge is 0.448 e. The Morgan fingerprint density at radius 1 is 1.00 bits per heavy atom. The molecule has 1 N–H and O–H groups in total. The Labute approximate surface area is 187 Å². The van der Waals surface area contributed by atoms with Crippen molar-refractivity contribution in [1.29, 1.82) is 0 Å². The van der Waals surface area contributed by atoms with Crippen LogP contribution in [0.1, 0.15) is 17.4 Å². The molecule has 0 radical (unpaired) electrons. The van der Waals surface area contributed by atoms with E-state index in [0.717, 1.165) is 16.8 Å². The fraction of sp³-hybridized carbons (Fsp3) is 0.0870. The second kappa shape index (κ2) is 8.64. The molecule has 9 heteroatoms. The average molecular weight is 443 g/mol. The fourth-order valence-electron chi connectivity index (χ4n) is 3.38. The second-order valence-corrected chi connectivity index (χ2v) is 8.00. The standard InChI is InChI=1S/C23H17N5O3S/c29-28(30)17-10-6-9-16(13-17)21-24-19-12-5-4-11-18(19)20-22(31-21)25-23(27-26-20)32-14-15-7-2-1-3-8-15/h1-13,21,24H,14H2/t21-/m1/s1. The number of fused-ring (bicyclic) bond motifs is 3. The zero-order chi connectivity index (χ0) is 21.9. The number of nitro groups is 1. The van der Waals surface area contributed by atoms with Crippen LogP contribution in [0.3, 0.4) is 0 Å². The molecule has 1 aliphatic rings. The number of benzene rings is 3. The highest BCUT2D eigenvalue weighted by Gasteiger charge is 2.26. The van der Waals surface area contributed by atoms with Gasteiger partial charge in [-0.15, -0.1) is 10.2 Å². The third-order valence-corrected chi connectivity index (χ3v) is 5.84. The minimum Gasteiger partial charge on any atom is -0.448 e. The maximum atomic E-state index is 11.2. The number of nitro benzene ring substituents is 1. The number of nitrogens with zero attached hydrogens (tertiary/aromatic N) is 4. The minimum atomic E-state index is -0.680. The quantitative estimate of drug-likeness (QED) is 0.254. The van der Waals surface area contributed by atoms with Crippen molar-refractivity contribution in [3.8, 4) is 17.1 Å². The summed E-state index contributed by atoms with van der Waals surface area (Å²) in [7, 11) is 0. The van der Waals surface area contributed by atoms with E-state index in [1.165, 1.54) is 23.9 Å². The first-order valence-corrected chi connectivity index (χ1v) is 10.8. The lowest BCUT2D eigenvalue weighted by Crippen LogP contribution is -2.17. The van der Waals surface area contributed by atoms with Gasteiger partial charge in [-0.25, -0.2) is 0 Å². The van der Waals surface area contributed by atoms with Gasteiger partial charge in [0.25, 0.3) is 5.69 Å². The van der Waals surface area contributed by atoms with Crippen LogP contribution in [-0.2, 0) is 5.75 Å². The highest BCUT2D eigenvalue weighted by atomic mass is 32.2. The van der Waals surface area contributed by atoms with Crippen LogP contribution in [0.5, 0.6) is 5.88 Å². The maximum absolute atomic E-state index is 11.2.